The highest BCUT2D eigenvalue weighted by molar-refractivity contribution is 5.98. The van der Waals surface area contributed by atoms with Gasteiger partial charge in [0.1, 0.15) is 0 Å². The highest BCUT2D eigenvalue weighted by atomic mass is 16.1. The van der Waals surface area contributed by atoms with Crippen molar-refractivity contribution in [3.8, 4) is 0 Å². The van der Waals surface area contributed by atoms with Gasteiger partial charge in [-0.2, -0.15) is 0 Å². The van der Waals surface area contributed by atoms with Crippen LogP contribution in [-0.2, 0) is 6.54 Å². The molecule has 1 aromatic rings. The number of nitrogens with one attached hydrogen (secondary N) is 1. The summed E-state index contributed by atoms with van der Waals surface area (Å²) in [7, 11) is 0. The lowest BCUT2D eigenvalue weighted by molar-refractivity contribution is 0.0965. The van der Waals surface area contributed by atoms with Crippen molar-refractivity contribution in [2.75, 3.05) is 0 Å². The van der Waals surface area contributed by atoms with Crippen LogP contribution in [0.3, 0.4) is 0 Å². The van der Waals surface area contributed by atoms with Gasteiger partial charge in [0.15, 0.2) is 0 Å². The van der Waals surface area contributed by atoms with Gasteiger partial charge in [0.2, 0.25) is 0 Å². The number of hydrogen-bond donors (Lipinski definition) is 1. The van der Waals surface area contributed by atoms with Crippen molar-refractivity contribution in [3.05, 3.63) is 35.7 Å². The Labute approximate surface area is 70.1 Å². The van der Waals surface area contributed by atoms with E-state index in [2.05, 4.69) is 16.9 Å². The average molecular weight is 160 g/mol. The summed E-state index contributed by atoms with van der Waals surface area (Å²) < 4.78 is 0. The summed E-state index contributed by atoms with van der Waals surface area (Å²) in [5, 5.41) is 2.72. The zero-order valence-electron chi connectivity index (χ0n) is 6.50. The Morgan fingerprint density at radius 1 is 1.67 bits per heavy atom. The fraction of sp³-hybridized carbons (Fsp3) is 0.111. The largest absolute Gasteiger partial charge is 0.348 e. The molecule has 0 unspecified atom stereocenters. The van der Waals surface area contributed by atoms with E-state index in [9.17, 15) is 4.79 Å². The molecule has 0 fully saturated rings. The van der Waals surface area contributed by atoms with E-state index in [0.29, 0.717) is 6.54 Å². The van der Waals surface area contributed by atoms with Crippen molar-refractivity contribution < 1.29 is 4.79 Å². The predicted octanol–water partition coefficient (Wildman–Crippen LogP) is 0.968. The molecule has 1 N–H and O–H groups in total. The van der Waals surface area contributed by atoms with Gasteiger partial charge in [-0.3, -0.25) is 9.78 Å². The van der Waals surface area contributed by atoms with E-state index in [0.717, 1.165) is 16.8 Å². The zero-order chi connectivity index (χ0) is 8.55. The standard InChI is InChI=1S/C9H8N2O/c1-2-7-3-8-6(4-10-7)5-11-9(8)12/h2-4H,1,5H2,(H,11,12). The van der Waals surface area contributed by atoms with Gasteiger partial charge in [0.25, 0.3) is 5.91 Å². The molecule has 60 valence electrons. The maximum atomic E-state index is 11.2. The number of amides is 1. The molecule has 1 aromatic heterocycles. The highest BCUT2D eigenvalue weighted by Crippen LogP contribution is 2.15. The molecular weight excluding hydrogens is 152 g/mol. The van der Waals surface area contributed by atoms with E-state index in [1.54, 1.807) is 18.3 Å². The van der Waals surface area contributed by atoms with Crippen LogP contribution < -0.4 is 5.32 Å². The van der Waals surface area contributed by atoms with Crippen molar-refractivity contribution in [3.63, 3.8) is 0 Å². The van der Waals surface area contributed by atoms with Crippen LogP contribution in [0, 0.1) is 0 Å². The second-order valence-electron chi connectivity index (χ2n) is 2.65. The second kappa shape index (κ2) is 2.44. The zero-order valence-corrected chi connectivity index (χ0v) is 6.50. The van der Waals surface area contributed by atoms with Crippen LogP contribution in [0.2, 0.25) is 0 Å². The van der Waals surface area contributed by atoms with Crippen LogP contribution in [0.25, 0.3) is 6.08 Å². The monoisotopic (exact) mass is 160 g/mol. The number of carbonyl (C=O) groups excluding carboxylic acids is 1. The Morgan fingerprint density at radius 3 is 3.25 bits per heavy atom. The van der Waals surface area contributed by atoms with Crippen LogP contribution in [-0.4, -0.2) is 10.9 Å². The molecule has 0 bridgehead atoms. The average Bonchev–Trinajstić information content (AvgIpc) is 2.47. The number of carbonyl (C=O) groups is 1. The smallest absolute Gasteiger partial charge is 0.252 e. The normalized spacial score (nSPS) is 13.8. The molecule has 0 radical (unpaired) electrons. The molecule has 1 amide bonds. The number of rotatable bonds is 1. The third kappa shape index (κ3) is 0.906. The van der Waals surface area contributed by atoms with E-state index in [1.807, 2.05) is 0 Å². The maximum Gasteiger partial charge on any atom is 0.252 e. The SMILES string of the molecule is C=Cc1cc2c(cn1)CNC2=O. The highest BCUT2D eigenvalue weighted by Gasteiger charge is 2.18. The number of pyridine rings is 1. The van der Waals surface area contributed by atoms with Crippen molar-refractivity contribution in [1.82, 2.24) is 10.3 Å². The molecule has 3 nitrogen and oxygen atoms in total. The lowest BCUT2D eigenvalue weighted by atomic mass is 10.1. The topological polar surface area (TPSA) is 42.0 Å². The predicted molar refractivity (Wildman–Crippen MR) is 45.5 cm³/mol. The van der Waals surface area contributed by atoms with Gasteiger partial charge in [-0.15, -0.1) is 0 Å². The van der Waals surface area contributed by atoms with E-state index in [1.165, 1.54) is 0 Å². The van der Waals surface area contributed by atoms with Gasteiger partial charge in [0, 0.05) is 23.9 Å². The molecule has 3 heteroatoms. The summed E-state index contributed by atoms with van der Waals surface area (Å²) in [5.74, 6) is -0.0181. The first-order chi connectivity index (χ1) is 5.81. The maximum absolute atomic E-state index is 11.2. The number of fused-ring (bicyclic) bond motifs is 1. The molecule has 0 saturated heterocycles. The van der Waals surface area contributed by atoms with Gasteiger partial charge in [-0.05, 0) is 12.1 Å². The molecule has 1 aliphatic rings. The van der Waals surface area contributed by atoms with Crippen LogP contribution in [0.15, 0.2) is 18.8 Å². The van der Waals surface area contributed by atoms with Crippen LogP contribution in [0.1, 0.15) is 21.6 Å². The van der Waals surface area contributed by atoms with Crippen LogP contribution >= 0.6 is 0 Å². The number of hydrogen-bond acceptors (Lipinski definition) is 2. The fourth-order valence-corrected chi connectivity index (χ4v) is 1.23. The molecule has 0 spiro atoms. The van der Waals surface area contributed by atoms with Crippen molar-refractivity contribution in [1.29, 1.82) is 0 Å². The van der Waals surface area contributed by atoms with Crippen molar-refractivity contribution in [2.45, 2.75) is 6.54 Å². The first-order valence-corrected chi connectivity index (χ1v) is 3.71. The minimum absolute atomic E-state index is 0.0181. The molecule has 0 atom stereocenters. The summed E-state index contributed by atoms with van der Waals surface area (Å²) >= 11 is 0. The Kier molecular flexibility index (Phi) is 1.43. The molecule has 12 heavy (non-hydrogen) atoms. The lowest BCUT2D eigenvalue weighted by Gasteiger charge is -1.95. The first kappa shape index (κ1) is 7.03. The summed E-state index contributed by atoms with van der Waals surface area (Å²) in [4.78, 5) is 15.3. The number of nitrogens with zero attached hydrogens (tertiary/aromatic N) is 1. The van der Waals surface area contributed by atoms with E-state index >= 15 is 0 Å². The van der Waals surface area contributed by atoms with Gasteiger partial charge in [-0.25, -0.2) is 0 Å². The lowest BCUT2D eigenvalue weighted by Crippen LogP contribution is -2.12. The second-order valence-corrected chi connectivity index (χ2v) is 2.65. The molecule has 2 heterocycles. The van der Waals surface area contributed by atoms with Crippen LogP contribution in [0.5, 0.6) is 0 Å². The molecule has 0 aromatic carbocycles. The Hall–Kier alpha value is -1.64. The van der Waals surface area contributed by atoms with Gasteiger partial charge < -0.3 is 5.32 Å². The van der Waals surface area contributed by atoms with Gasteiger partial charge in [0.05, 0.1) is 5.69 Å². The fourth-order valence-electron chi connectivity index (χ4n) is 1.23. The molecule has 2 rings (SSSR count). The van der Waals surface area contributed by atoms with Gasteiger partial charge in [-0.1, -0.05) is 6.58 Å². The molecular formula is C9H8N2O. The quantitative estimate of drug-likeness (QED) is 0.665. The Balaban J connectivity index is 2.57. The summed E-state index contributed by atoms with van der Waals surface area (Å²) in [6.07, 6.45) is 3.34. The summed E-state index contributed by atoms with van der Waals surface area (Å²) in [5.41, 5.74) is 2.43. The third-order valence-electron chi connectivity index (χ3n) is 1.90. The van der Waals surface area contributed by atoms with Gasteiger partial charge >= 0.3 is 0 Å². The van der Waals surface area contributed by atoms with E-state index in [-0.39, 0.29) is 5.91 Å². The van der Waals surface area contributed by atoms with E-state index < -0.39 is 0 Å². The Morgan fingerprint density at radius 2 is 2.50 bits per heavy atom. The van der Waals surface area contributed by atoms with Crippen molar-refractivity contribution in [2.24, 2.45) is 0 Å². The van der Waals surface area contributed by atoms with E-state index in [4.69, 9.17) is 0 Å². The Bertz CT molecular complexity index is 358. The minimum Gasteiger partial charge on any atom is -0.348 e. The molecule has 0 aliphatic carbocycles. The number of aromatic nitrogens is 1. The summed E-state index contributed by atoms with van der Waals surface area (Å²) in [6.45, 7) is 4.18. The van der Waals surface area contributed by atoms with Crippen molar-refractivity contribution >= 4 is 12.0 Å². The third-order valence-corrected chi connectivity index (χ3v) is 1.90. The summed E-state index contributed by atoms with van der Waals surface area (Å²) in [6, 6.07) is 1.75. The van der Waals surface area contributed by atoms with Crippen LogP contribution in [0.4, 0.5) is 0 Å². The molecule has 0 saturated carbocycles. The molecule has 1 aliphatic heterocycles. The first-order valence-electron chi connectivity index (χ1n) is 3.71. The minimum atomic E-state index is -0.0181.